The van der Waals surface area contributed by atoms with E-state index in [2.05, 4.69) is 4.74 Å². The first kappa shape index (κ1) is 22.3. The van der Waals surface area contributed by atoms with Gasteiger partial charge in [0, 0.05) is 17.5 Å². The maximum Gasteiger partial charge on any atom is 0.344 e. The average molecular weight is 406 g/mol. The molecule has 0 atom stereocenters. The SMILES string of the molecule is CCOC(=O)COc1c(C)c2c(c(O)c1C/C=C(\C)CCC(=O)OC)C(=O)OC2. The number of phenolic OH excluding ortho intramolecular Hbond substituents is 1. The third kappa shape index (κ3) is 5.28. The van der Waals surface area contributed by atoms with Gasteiger partial charge in [-0.05, 0) is 39.2 Å². The number of carbonyl (C=O) groups excluding carboxylic acids is 3. The van der Waals surface area contributed by atoms with E-state index in [1.165, 1.54) is 7.11 Å². The molecule has 0 bridgehead atoms. The van der Waals surface area contributed by atoms with Crippen LogP contribution in [0.5, 0.6) is 11.5 Å². The molecular weight excluding hydrogens is 380 g/mol. The van der Waals surface area contributed by atoms with E-state index in [0.717, 1.165) is 5.57 Å². The first-order valence-electron chi connectivity index (χ1n) is 9.35. The van der Waals surface area contributed by atoms with Crippen molar-refractivity contribution in [3.63, 3.8) is 0 Å². The van der Waals surface area contributed by atoms with Gasteiger partial charge in [0.05, 0.1) is 13.7 Å². The van der Waals surface area contributed by atoms with Crippen LogP contribution in [0.25, 0.3) is 0 Å². The number of methoxy groups -OCH3 is 1. The van der Waals surface area contributed by atoms with Gasteiger partial charge in [0.2, 0.25) is 0 Å². The predicted octanol–water partition coefficient (Wildman–Crippen LogP) is 2.75. The molecule has 0 amide bonds. The van der Waals surface area contributed by atoms with Crippen molar-refractivity contribution in [2.45, 2.75) is 46.6 Å². The van der Waals surface area contributed by atoms with Crippen LogP contribution in [0.4, 0.5) is 0 Å². The molecule has 8 heteroatoms. The molecule has 0 saturated carbocycles. The van der Waals surface area contributed by atoms with Crippen molar-refractivity contribution in [2.24, 2.45) is 0 Å². The Labute approximate surface area is 169 Å². The number of aromatic hydroxyl groups is 1. The van der Waals surface area contributed by atoms with Gasteiger partial charge in [0.1, 0.15) is 23.7 Å². The Bertz CT molecular complexity index is 838. The fraction of sp³-hybridized carbons (Fsp3) is 0.476. The standard InChI is InChI=1S/C21H26O8/c1-5-27-17(23)11-28-20-13(3)15-10-29-21(25)18(15)19(24)14(20)8-6-12(2)7-9-16(22)26-4/h6,24H,5,7-11H2,1-4H3/b12-6+. The summed E-state index contributed by atoms with van der Waals surface area (Å²) in [4.78, 5) is 35.1. The topological polar surface area (TPSA) is 108 Å². The molecule has 8 nitrogen and oxygen atoms in total. The summed E-state index contributed by atoms with van der Waals surface area (Å²) in [6.45, 7) is 5.25. The highest BCUT2D eigenvalue weighted by atomic mass is 16.6. The predicted molar refractivity (Wildman–Crippen MR) is 103 cm³/mol. The van der Waals surface area contributed by atoms with Crippen LogP contribution >= 0.6 is 0 Å². The molecule has 0 radical (unpaired) electrons. The molecule has 0 spiro atoms. The Kier molecular flexibility index (Phi) is 7.64. The second kappa shape index (κ2) is 9.95. The minimum Gasteiger partial charge on any atom is -0.507 e. The van der Waals surface area contributed by atoms with Gasteiger partial charge in [-0.3, -0.25) is 4.79 Å². The van der Waals surface area contributed by atoms with Gasteiger partial charge in [0.25, 0.3) is 0 Å². The number of phenols is 1. The summed E-state index contributed by atoms with van der Waals surface area (Å²) in [6, 6.07) is 0. The quantitative estimate of drug-likeness (QED) is 0.379. The van der Waals surface area contributed by atoms with E-state index in [9.17, 15) is 19.5 Å². The van der Waals surface area contributed by atoms with Gasteiger partial charge >= 0.3 is 17.9 Å². The van der Waals surface area contributed by atoms with Gasteiger partial charge < -0.3 is 24.1 Å². The van der Waals surface area contributed by atoms with Crippen LogP contribution in [-0.2, 0) is 36.8 Å². The zero-order valence-corrected chi connectivity index (χ0v) is 17.1. The second-order valence-electron chi connectivity index (χ2n) is 6.64. The molecule has 1 aliphatic heterocycles. The maximum atomic E-state index is 12.0. The van der Waals surface area contributed by atoms with Crippen LogP contribution in [-0.4, -0.2) is 43.3 Å². The van der Waals surface area contributed by atoms with Crippen molar-refractivity contribution in [3.8, 4) is 11.5 Å². The van der Waals surface area contributed by atoms with Gasteiger partial charge in [-0.2, -0.15) is 0 Å². The molecule has 2 rings (SSSR count). The molecule has 29 heavy (non-hydrogen) atoms. The molecule has 0 aliphatic carbocycles. The van der Waals surface area contributed by atoms with Crippen LogP contribution in [0.3, 0.4) is 0 Å². The number of carbonyl (C=O) groups is 3. The lowest BCUT2D eigenvalue weighted by Gasteiger charge is -2.17. The number of cyclic esters (lactones) is 1. The smallest absolute Gasteiger partial charge is 0.344 e. The average Bonchev–Trinajstić information content (AvgIpc) is 3.09. The van der Waals surface area contributed by atoms with Crippen LogP contribution in [0.2, 0.25) is 0 Å². The van der Waals surface area contributed by atoms with Gasteiger partial charge in [-0.25, -0.2) is 9.59 Å². The fourth-order valence-electron chi connectivity index (χ4n) is 3.06. The molecule has 1 aromatic rings. The van der Waals surface area contributed by atoms with Crippen LogP contribution < -0.4 is 4.74 Å². The van der Waals surface area contributed by atoms with Crippen molar-refractivity contribution < 1.29 is 38.4 Å². The van der Waals surface area contributed by atoms with Crippen LogP contribution in [0.1, 0.15) is 53.7 Å². The molecule has 1 N–H and O–H groups in total. The number of fused-ring (bicyclic) bond motifs is 1. The van der Waals surface area contributed by atoms with E-state index >= 15 is 0 Å². The summed E-state index contributed by atoms with van der Waals surface area (Å²) >= 11 is 0. The normalized spacial score (nSPS) is 13.0. The molecule has 0 aromatic heterocycles. The Balaban J connectivity index is 2.34. The Morgan fingerprint density at radius 3 is 2.62 bits per heavy atom. The number of allylic oxidation sites excluding steroid dienone is 2. The van der Waals surface area contributed by atoms with Gasteiger partial charge in [-0.15, -0.1) is 0 Å². The maximum absolute atomic E-state index is 12.0. The number of hydrogen-bond donors (Lipinski definition) is 1. The third-order valence-corrected chi connectivity index (χ3v) is 4.69. The Hall–Kier alpha value is -3.03. The largest absolute Gasteiger partial charge is 0.507 e. The monoisotopic (exact) mass is 406 g/mol. The van der Waals surface area contributed by atoms with Crippen molar-refractivity contribution >= 4 is 17.9 Å². The van der Waals surface area contributed by atoms with Crippen LogP contribution in [0, 0.1) is 6.92 Å². The number of rotatable bonds is 9. The lowest BCUT2D eigenvalue weighted by atomic mass is 9.94. The second-order valence-corrected chi connectivity index (χ2v) is 6.64. The van der Waals surface area contributed by atoms with E-state index in [4.69, 9.17) is 14.2 Å². The number of hydrogen-bond acceptors (Lipinski definition) is 8. The highest BCUT2D eigenvalue weighted by molar-refractivity contribution is 5.98. The van der Waals surface area contributed by atoms with E-state index in [1.54, 1.807) is 13.8 Å². The summed E-state index contributed by atoms with van der Waals surface area (Å²) in [5, 5.41) is 10.7. The van der Waals surface area contributed by atoms with Crippen molar-refractivity contribution in [1.29, 1.82) is 0 Å². The van der Waals surface area contributed by atoms with E-state index in [-0.39, 0.29) is 49.9 Å². The van der Waals surface area contributed by atoms with Crippen molar-refractivity contribution in [2.75, 3.05) is 20.3 Å². The van der Waals surface area contributed by atoms with Gasteiger partial charge in [0.15, 0.2) is 6.61 Å². The molecule has 0 saturated heterocycles. The molecular formula is C21H26O8. The Morgan fingerprint density at radius 2 is 1.97 bits per heavy atom. The van der Waals surface area contributed by atoms with E-state index in [1.807, 2.05) is 13.0 Å². The van der Waals surface area contributed by atoms with Crippen LogP contribution in [0.15, 0.2) is 11.6 Å². The minimum absolute atomic E-state index is 0.0393. The fourth-order valence-corrected chi connectivity index (χ4v) is 3.06. The molecule has 0 unspecified atom stereocenters. The molecule has 0 fully saturated rings. The van der Waals surface area contributed by atoms with Gasteiger partial charge in [-0.1, -0.05) is 11.6 Å². The van der Waals surface area contributed by atoms with Crippen molar-refractivity contribution in [1.82, 2.24) is 0 Å². The lowest BCUT2D eigenvalue weighted by molar-refractivity contribution is -0.145. The zero-order chi connectivity index (χ0) is 21.6. The molecule has 1 aromatic carbocycles. The number of esters is 3. The highest BCUT2D eigenvalue weighted by Gasteiger charge is 2.32. The summed E-state index contributed by atoms with van der Waals surface area (Å²) in [7, 11) is 1.33. The first-order valence-corrected chi connectivity index (χ1v) is 9.35. The lowest BCUT2D eigenvalue weighted by Crippen LogP contribution is -2.16. The number of benzene rings is 1. The summed E-state index contributed by atoms with van der Waals surface area (Å²) in [6.07, 6.45) is 2.82. The van der Waals surface area contributed by atoms with Crippen molar-refractivity contribution in [3.05, 3.63) is 33.9 Å². The number of ether oxygens (including phenoxy) is 4. The molecule has 1 aliphatic rings. The zero-order valence-electron chi connectivity index (χ0n) is 17.1. The minimum atomic E-state index is -0.592. The summed E-state index contributed by atoms with van der Waals surface area (Å²) in [5.74, 6) is -1.33. The summed E-state index contributed by atoms with van der Waals surface area (Å²) in [5.41, 5.74) is 2.58. The van der Waals surface area contributed by atoms with E-state index in [0.29, 0.717) is 28.9 Å². The molecule has 158 valence electrons. The molecule has 1 heterocycles. The van der Waals surface area contributed by atoms with E-state index < -0.39 is 11.9 Å². The third-order valence-electron chi connectivity index (χ3n) is 4.69. The first-order chi connectivity index (χ1) is 13.8. The highest BCUT2D eigenvalue weighted by Crippen LogP contribution is 2.42. The summed E-state index contributed by atoms with van der Waals surface area (Å²) < 4.78 is 20.2. The Morgan fingerprint density at radius 1 is 1.24 bits per heavy atom.